The molecule has 3 heteroatoms. The quantitative estimate of drug-likeness (QED) is 0.818. The van der Waals surface area contributed by atoms with E-state index in [1.54, 1.807) is 0 Å². The molecule has 0 unspecified atom stereocenters. The number of H-pyrrole nitrogens is 1. The molecule has 1 aromatic heterocycles. The second-order valence-electron chi connectivity index (χ2n) is 5.52. The lowest BCUT2D eigenvalue weighted by Crippen LogP contribution is -2.32. The van der Waals surface area contributed by atoms with Gasteiger partial charge in [-0.2, -0.15) is 0 Å². The van der Waals surface area contributed by atoms with E-state index in [0.29, 0.717) is 12.1 Å². The lowest BCUT2D eigenvalue weighted by atomic mass is 9.97. The molecule has 1 heterocycles. The Hall–Kier alpha value is -1.77. The fourth-order valence-electron chi connectivity index (χ4n) is 1.64. The summed E-state index contributed by atoms with van der Waals surface area (Å²) in [6, 6.07) is 7.65. The van der Waals surface area contributed by atoms with Crippen LogP contribution in [0.25, 0.3) is 10.9 Å². The van der Waals surface area contributed by atoms with Crippen molar-refractivity contribution in [2.45, 2.75) is 20.8 Å². The van der Waals surface area contributed by atoms with Crippen molar-refractivity contribution in [3.05, 3.63) is 36.0 Å². The summed E-state index contributed by atoms with van der Waals surface area (Å²) in [6.45, 7) is 6.98. The van der Waals surface area contributed by atoms with Crippen LogP contribution in [0.3, 0.4) is 0 Å². The summed E-state index contributed by atoms with van der Waals surface area (Å²) in [4.78, 5) is 15.0. The van der Waals surface area contributed by atoms with Gasteiger partial charge in [0.25, 0.3) is 5.91 Å². The summed E-state index contributed by atoms with van der Waals surface area (Å²) in [5, 5.41) is 4.01. The number of hydrogen-bond acceptors (Lipinski definition) is 1. The number of amides is 1. The number of benzene rings is 1. The highest BCUT2D eigenvalue weighted by atomic mass is 16.1. The minimum absolute atomic E-state index is 0.0111. The second kappa shape index (κ2) is 4.24. The summed E-state index contributed by atoms with van der Waals surface area (Å²) in [5.41, 5.74) is 1.87. The zero-order valence-corrected chi connectivity index (χ0v) is 10.5. The number of carbonyl (C=O) groups is 1. The first-order valence-corrected chi connectivity index (χ1v) is 5.81. The largest absolute Gasteiger partial charge is 0.361 e. The van der Waals surface area contributed by atoms with Gasteiger partial charge in [0, 0.05) is 29.2 Å². The molecule has 2 aromatic rings. The Kier molecular flexibility index (Phi) is 2.92. The van der Waals surface area contributed by atoms with Crippen LogP contribution >= 0.6 is 0 Å². The van der Waals surface area contributed by atoms with Gasteiger partial charge in [0.05, 0.1) is 0 Å². The Bertz CT molecular complexity index is 534. The molecule has 0 bridgehead atoms. The normalized spacial score (nSPS) is 11.7. The van der Waals surface area contributed by atoms with Gasteiger partial charge in [0.15, 0.2) is 0 Å². The van der Waals surface area contributed by atoms with E-state index in [9.17, 15) is 4.79 Å². The molecule has 1 aromatic carbocycles. The van der Waals surface area contributed by atoms with Crippen LogP contribution in [0.15, 0.2) is 30.5 Å². The fraction of sp³-hybridized carbons (Fsp3) is 0.357. The van der Waals surface area contributed by atoms with Crippen LogP contribution in [0.2, 0.25) is 0 Å². The number of hydrogen-bond donors (Lipinski definition) is 2. The predicted molar refractivity (Wildman–Crippen MR) is 70.1 cm³/mol. The highest BCUT2D eigenvalue weighted by Crippen LogP contribution is 2.15. The van der Waals surface area contributed by atoms with Crippen LogP contribution < -0.4 is 5.32 Å². The van der Waals surface area contributed by atoms with E-state index in [4.69, 9.17) is 0 Å². The highest BCUT2D eigenvalue weighted by Gasteiger charge is 2.13. The van der Waals surface area contributed by atoms with E-state index in [1.807, 2.05) is 30.5 Å². The first-order chi connectivity index (χ1) is 7.96. The molecule has 2 N–H and O–H groups in total. The second-order valence-corrected chi connectivity index (χ2v) is 5.52. The summed E-state index contributed by atoms with van der Waals surface area (Å²) in [6.07, 6.45) is 1.88. The monoisotopic (exact) mass is 230 g/mol. The van der Waals surface area contributed by atoms with Crippen molar-refractivity contribution in [3.8, 4) is 0 Å². The van der Waals surface area contributed by atoms with Crippen molar-refractivity contribution in [2.75, 3.05) is 6.54 Å². The zero-order chi connectivity index (χ0) is 12.5. The number of nitrogens with one attached hydrogen (secondary N) is 2. The fourth-order valence-corrected chi connectivity index (χ4v) is 1.64. The molecule has 3 nitrogen and oxygen atoms in total. The summed E-state index contributed by atoms with van der Waals surface area (Å²) >= 11 is 0. The van der Waals surface area contributed by atoms with Crippen molar-refractivity contribution >= 4 is 16.8 Å². The Labute approximate surface area is 101 Å². The Morgan fingerprint density at radius 1 is 1.29 bits per heavy atom. The molecule has 0 atom stereocenters. The molecule has 0 aliphatic heterocycles. The predicted octanol–water partition coefficient (Wildman–Crippen LogP) is 2.94. The molecule has 0 fully saturated rings. The number of rotatable bonds is 2. The molecule has 2 rings (SSSR count). The van der Waals surface area contributed by atoms with E-state index in [1.165, 1.54) is 0 Å². The van der Waals surface area contributed by atoms with E-state index in [-0.39, 0.29) is 11.3 Å². The van der Waals surface area contributed by atoms with E-state index >= 15 is 0 Å². The minimum Gasteiger partial charge on any atom is -0.361 e. The lowest BCUT2D eigenvalue weighted by Gasteiger charge is -2.18. The van der Waals surface area contributed by atoms with Gasteiger partial charge < -0.3 is 10.3 Å². The molecule has 0 radical (unpaired) electrons. The Morgan fingerprint density at radius 2 is 2.06 bits per heavy atom. The molecule has 0 aliphatic rings. The number of aromatic amines is 1. The number of aromatic nitrogens is 1. The van der Waals surface area contributed by atoms with Gasteiger partial charge in [-0.05, 0) is 29.7 Å². The minimum atomic E-state index is -0.0111. The van der Waals surface area contributed by atoms with E-state index in [2.05, 4.69) is 31.1 Å². The van der Waals surface area contributed by atoms with Crippen molar-refractivity contribution in [1.82, 2.24) is 10.3 Å². The average molecular weight is 230 g/mol. The Balaban J connectivity index is 2.13. The number of carbonyl (C=O) groups excluding carboxylic acids is 1. The molecule has 0 aliphatic carbocycles. The molecule has 17 heavy (non-hydrogen) atoms. The van der Waals surface area contributed by atoms with Crippen molar-refractivity contribution in [3.63, 3.8) is 0 Å². The smallest absolute Gasteiger partial charge is 0.251 e. The van der Waals surface area contributed by atoms with Crippen LogP contribution in [0.5, 0.6) is 0 Å². The number of fused-ring (bicyclic) bond motifs is 1. The SMILES string of the molecule is CC(C)(C)CNC(=O)c1ccc2[nH]ccc2c1. The van der Waals surface area contributed by atoms with Crippen LogP contribution in [-0.4, -0.2) is 17.4 Å². The highest BCUT2D eigenvalue weighted by molar-refractivity contribution is 5.98. The molecule has 0 spiro atoms. The average Bonchev–Trinajstić information content (AvgIpc) is 2.71. The topological polar surface area (TPSA) is 44.9 Å². The van der Waals surface area contributed by atoms with Gasteiger partial charge in [-0.3, -0.25) is 4.79 Å². The summed E-state index contributed by atoms with van der Waals surface area (Å²) < 4.78 is 0. The zero-order valence-electron chi connectivity index (χ0n) is 10.5. The van der Waals surface area contributed by atoms with Crippen LogP contribution in [0.4, 0.5) is 0 Å². The molecule has 0 saturated heterocycles. The van der Waals surface area contributed by atoms with Gasteiger partial charge in [-0.15, -0.1) is 0 Å². The van der Waals surface area contributed by atoms with Crippen molar-refractivity contribution in [2.24, 2.45) is 5.41 Å². The van der Waals surface area contributed by atoms with Gasteiger partial charge in [0.1, 0.15) is 0 Å². The van der Waals surface area contributed by atoms with Crippen LogP contribution in [0.1, 0.15) is 31.1 Å². The van der Waals surface area contributed by atoms with Gasteiger partial charge in [-0.1, -0.05) is 20.8 Å². The molecule has 90 valence electrons. The third-order valence-corrected chi connectivity index (χ3v) is 2.59. The van der Waals surface area contributed by atoms with Crippen LogP contribution in [-0.2, 0) is 0 Å². The van der Waals surface area contributed by atoms with E-state index in [0.717, 1.165) is 10.9 Å². The molecule has 0 saturated carbocycles. The molecule has 1 amide bonds. The summed E-state index contributed by atoms with van der Waals surface area (Å²) in [5.74, 6) is -0.0111. The van der Waals surface area contributed by atoms with Gasteiger partial charge >= 0.3 is 0 Å². The molecular weight excluding hydrogens is 212 g/mol. The maximum atomic E-state index is 11.9. The third kappa shape index (κ3) is 2.87. The maximum Gasteiger partial charge on any atom is 0.251 e. The van der Waals surface area contributed by atoms with Gasteiger partial charge in [-0.25, -0.2) is 0 Å². The van der Waals surface area contributed by atoms with Crippen molar-refractivity contribution < 1.29 is 4.79 Å². The molecular formula is C14H18N2O. The lowest BCUT2D eigenvalue weighted by molar-refractivity contribution is 0.0939. The Morgan fingerprint density at radius 3 is 2.76 bits per heavy atom. The maximum absolute atomic E-state index is 11.9. The van der Waals surface area contributed by atoms with Gasteiger partial charge in [0.2, 0.25) is 0 Å². The van der Waals surface area contributed by atoms with Crippen LogP contribution in [0, 0.1) is 5.41 Å². The third-order valence-electron chi connectivity index (χ3n) is 2.59. The van der Waals surface area contributed by atoms with Crippen molar-refractivity contribution in [1.29, 1.82) is 0 Å². The first kappa shape index (κ1) is 11.7. The summed E-state index contributed by atoms with van der Waals surface area (Å²) in [7, 11) is 0. The van der Waals surface area contributed by atoms with E-state index < -0.39 is 0 Å². The first-order valence-electron chi connectivity index (χ1n) is 5.81. The standard InChI is InChI=1S/C14H18N2O/c1-14(2,3)9-16-13(17)11-4-5-12-10(8-11)6-7-15-12/h4-8,15H,9H2,1-3H3,(H,16,17).